The molecular weight excluding hydrogens is 430 g/mol. The molecule has 0 aliphatic rings. The van der Waals surface area contributed by atoms with Crippen molar-refractivity contribution in [1.82, 2.24) is 0 Å². The molecule has 204 valence electrons. The first-order valence-corrected chi connectivity index (χ1v) is 15.1. The number of carboxylic acids is 1. The van der Waals surface area contributed by atoms with E-state index in [1.165, 1.54) is 152 Å². The molecule has 3 nitrogen and oxygen atoms in total. The Morgan fingerprint density at radius 3 is 1.17 bits per heavy atom. The summed E-state index contributed by atoms with van der Waals surface area (Å²) in [4.78, 5) is 10.1. The van der Waals surface area contributed by atoms with Crippen molar-refractivity contribution in [2.45, 2.75) is 136 Å². The van der Waals surface area contributed by atoms with Crippen molar-refractivity contribution >= 4 is 5.97 Å². The number of nitrogens with zero attached hydrogens (tertiary/aromatic N) is 1. The van der Waals surface area contributed by atoms with Gasteiger partial charge in [-0.25, -0.2) is 0 Å². The second kappa shape index (κ2) is 24.3. The lowest BCUT2D eigenvalue weighted by Crippen LogP contribution is -2.46. The number of carboxylic acid groups (broad SMARTS) is 1. The van der Waals surface area contributed by atoms with Gasteiger partial charge in [0.25, 0.3) is 0 Å². The molecule has 0 aliphatic carbocycles. The number of aromatic carboxylic acids is 1. The minimum atomic E-state index is -1.13. The molecule has 35 heavy (non-hydrogen) atoms. The number of benzene rings is 1. The average molecular weight is 490 g/mol. The Morgan fingerprint density at radius 2 is 0.886 bits per heavy atom. The fraction of sp³-hybridized carbons (Fsp3) is 0.781. The van der Waals surface area contributed by atoms with Gasteiger partial charge < -0.3 is 14.4 Å². The van der Waals surface area contributed by atoms with E-state index in [1.807, 2.05) is 0 Å². The molecule has 0 atom stereocenters. The van der Waals surface area contributed by atoms with Crippen LogP contribution in [0.1, 0.15) is 147 Å². The molecule has 0 amide bonds. The molecule has 1 aromatic rings. The molecule has 0 aliphatic heterocycles. The Balaban J connectivity index is 0.00000106. The highest BCUT2D eigenvalue weighted by atomic mass is 16.4. The number of hydrogen-bond acceptors (Lipinski definition) is 2. The van der Waals surface area contributed by atoms with Crippen LogP contribution in [-0.4, -0.2) is 37.1 Å². The quantitative estimate of drug-likeness (QED) is 0.121. The molecule has 0 bridgehead atoms. The summed E-state index contributed by atoms with van der Waals surface area (Å²) >= 11 is 0. The molecule has 0 unspecified atom stereocenters. The summed E-state index contributed by atoms with van der Waals surface area (Å²) in [5.41, 5.74) is 0.220. The molecule has 0 radical (unpaired) electrons. The van der Waals surface area contributed by atoms with Gasteiger partial charge in [0.2, 0.25) is 0 Å². The van der Waals surface area contributed by atoms with E-state index in [4.69, 9.17) is 0 Å². The summed E-state index contributed by atoms with van der Waals surface area (Å²) in [7, 11) is 2.56. The van der Waals surface area contributed by atoms with E-state index in [0.29, 0.717) is 0 Å². The van der Waals surface area contributed by atoms with E-state index in [-0.39, 0.29) is 5.56 Å². The van der Waals surface area contributed by atoms with Gasteiger partial charge in [-0.15, -0.1) is 0 Å². The number of carbonyl (C=O) groups is 1. The SMILES string of the molecule is CCCCCCCC[N+](C)(CCCCCCCC)CCCCCCCC.O=C([O-])c1ccccc1. The number of carbonyl (C=O) groups excluding carboxylic acids is 1. The first-order chi connectivity index (χ1) is 17.0. The molecule has 0 fully saturated rings. The van der Waals surface area contributed by atoms with Crippen LogP contribution in [-0.2, 0) is 0 Å². The van der Waals surface area contributed by atoms with Crippen LogP contribution >= 0.6 is 0 Å². The zero-order valence-electron chi connectivity index (χ0n) is 24.0. The first kappa shape index (κ1) is 33.7. The van der Waals surface area contributed by atoms with Crippen molar-refractivity contribution in [3.05, 3.63) is 35.9 Å². The monoisotopic (exact) mass is 489 g/mol. The molecule has 1 aromatic carbocycles. The maximum absolute atomic E-state index is 10.1. The Bertz CT molecular complexity index is 531. The molecule has 0 spiro atoms. The minimum Gasteiger partial charge on any atom is -0.545 e. The van der Waals surface area contributed by atoms with E-state index in [1.54, 1.807) is 18.2 Å². The van der Waals surface area contributed by atoms with Crippen molar-refractivity contribution in [2.24, 2.45) is 0 Å². The molecule has 0 aromatic heterocycles. The maximum atomic E-state index is 10.1. The minimum absolute atomic E-state index is 0.220. The maximum Gasteiger partial charge on any atom is 0.0784 e. The van der Waals surface area contributed by atoms with Crippen LogP contribution in [0.5, 0.6) is 0 Å². The number of rotatable bonds is 22. The topological polar surface area (TPSA) is 40.1 Å². The highest BCUT2D eigenvalue weighted by Crippen LogP contribution is 2.16. The van der Waals surface area contributed by atoms with Gasteiger partial charge in [-0.3, -0.25) is 0 Å². The van der Waals surface area contributed by atoms with E-state index < -0.39 is 5.97 Å². The third-order valence-electron chi connectivity index (χ3n) is 7.16. The number of unbranched alkanes of at least 4 members (excludes halogenated alkanes) is 15. The predicted molar refractivity (Wildman–Crippen MR) is 152 cm³/mol. The normalized spacial score (nSPS) is 11.2. The predicted octanol–water partition coefficient (Wildman–Crippen LogP) is 8.56. The number of quaternary nitrogens is 1. The van der Waals surface area contributed by atoms with Gasteiger partial charge in [-0.1, -0.05) is 128 Å². The number of hydrogen-bond donors (Lipinski definition) is 0. The van der Waals surface area contributed by atoms with E-state index in [9.17, 15) is 9.90 Å². The summed E-state index contributed by atoms with van der Waals surface area (Å²) in [6.45, 7) is 11.2. The van der Waals surface area contributed by atoms with E-state index in [0.717, 1.165) is 0 Å². The molecule has 3 heteroatoms. The smallest absolute Gasteiger partial charge is 0.0784 e. The van der Waals surface area contributed by atoms with Crippen LogP contribution in [0.4, 0.5) is 0 Å². The van der Waals surface area contributed by atoms with Gasteiger partial charge in [-0.2, -0.15) is 0 Å². The largest absolute Gasteiger partial charge is 0.545 e. The van der Waals surface area contributed by atoms with Crippen molar-refractivity contribution in [3.63, 3.8) is 0 Å². The van der Waals surface area contributed by atoms with Crippen LogP contribution in [0, 0.1) is 0 Å². The zero-order valence-corrected chi connectivity index (χ0v) is 24.0. The van der Waals surface area contributed by atoms with Gasteiger partial charge in [-0.05, 0) is 44.1 Å². The average Bonchev–Trinajstić information content (AvgIpc) is 2.86. The van der Waals surface area contributed by atoms with Crippen LogP contribution in [0.2, 0.25) is 0 Å². The van der Waals surface area contributed by atoms with Crippen molar-refractivity contribution in [1.29, 1.82) is 0 Å². The highest BCUT2D eigenvalue weighted by molar-refractivity contribution is 5.85. The molecule has 0 N–H and O–H groups in total. The van der Waals surface area contributed by atoms with Crippen molar-refractivity contribution in [3.8, 4) is 0 Å². The zero-order chi connectivity index (χ0) is 26.0. The van der Waals surface area contributed by atoms with E-state index >= 15 is 0 Å². The molecule has 1 rings (SSSR count). The van der Waals surface area contributed by atoms with Crippen LogP contribution in [0.3, 0.4) is 0 Å². The lowest BCUT2D eigenvalue weighted by molar-refractivity contribution is -0.910. The Morgan fingerprint density at radius 1 is 0.571 bits per heavy atom. The second-order valence-electron chi connectivity index (χ2n) is 10.7. The molecule has 0 heterocycles. The van der Waals surface area contributed by atoms with Crippen LogP contribution in [0.25, 0.3) is 0 Å². The van der Waals surface area contributed by atoms with Gasteiger partial charge in [0, 0.05) is 0 Å². The van der Waals surface area contributed by atoms with Crippen molar-refractivity contribution in [2.75, 3.05) is 26.7 Å². The standard InChI is InChI=1S/C25H54N.C7H6O2/c1-5-8-11-14-17-20-23-26(4,24-21-18-15-12-9-6-2)25-22-19-16-13-10-7-3;8-7(9)6-4-2-1-3-5-6/h5-25H2,1-4H3;1-5H,(H,8,9)/q+1;/p-1. The van der Waals surface area contributed by atoms with Gasteiger partial charge in [0.1, 0.15) is 0 Å². The Labute approximate surface area is 219 Å². The molecule has 0 saturated carbocycles. The van der Waals surface area contributed by atoms with E-state index in [2.05, 4.69) is 27.8 Å². The van der Waals surface area contributed by atoms with Crippen LogP contribution in [0.15, 0.2) is 30.3 Å². The second-order valence-corrected chi connectivity index (χ2v) is 10.7. The summed E-state index contributed by atoms with van der Waals surface area (Å²) in [6, 6.07) is 8.06. The first-order valence-electron chi connectivity index (χ1n) is 15.1. The summed E-state index contributed by atoms with van der Waals surface area (Å²) in [5, 5.41) is 10.1. The lowest BCUT2D eigenvalue weighted by atomic mass is 10.1. The third kappa shape index (κ3) is 21.6. The molecular formula is C32H59NO2. The van der Waals surface area contributed by atoms with Gasteiger partial charge >= 0.3 is 0 Å². The summed E-state index contributed by atoms with van der Waals surface area (Å²) in [6.07, 6.45) is 25.9. The van der Waals surface area contributed by atoms with Gasteiger partial charge in [0.05, 0.1) is 32.7 Å². The summed E-state index contributed by atoms with van der Waals surface area (Å²) in [5.74, 6) is -1.13. The molecule has 0 saturated heterocycles. The van der Waals surface area contributed by atoms with Crippen LogP contribution < -0.4 is 5.11 Å². The highest BCUT2D eigenvalue weighted by Gasteiger charge is 2.20. The Hall–Kier alpha value is -1.35. The fourth-order valence-corrected chi connectivity index (χ4v) is 4.73. The lowest BCUT2D eigenvalue weighted by Gasteiger charge is -2.35. The third-order valence-corrected chi connectivity index (χ3v) is 7.16. The van der Waals surface area contributed by atoms with Gasteiger partial charge in [0.15, 0.2) is 0 Å². The van der Waals surface area contributed by atoms with Crippen molar-refractivity contribution < 1.29 is 14.4 Å². The summed E-state index contributed by atoms with van der Waals surface area (Å²) < 4.78 is 1.36. The Kier molecular flexibility index (Phi) is 23.4. The fourth-order valence-electron chi connectivity index (χ4n) is 4.73.